The highest BCUT2D eigenvalue weighted by atomic mass is 35.5. The molecule has 2 nitrogen and oxygen atoms in total. The first-order valence-corrected chi connectivity index (χ1v) is 10.5. The Kier molecular flexibility index (Phi) is 4.03. The van der Waals surface area contributed by atoms with Gasteiger partial charge >= 0.3 is 0 Å². The SMILES string of the molecule is CC(=O)[C@H]1C(Cl)(Cl)C[C@H]2[C@@H]3CCC4=CC(=O)CC[C@]4(C)[C@H]3CC[C@@]21C. The number of carbonyl (C=O) groups excluding carboxylic acids is 2. The van der Waals surface area contributed by atoms with Crippen molar-refractivity contribution >= 4 is 34.8 Å². The zero-order valence-electron chi connectivity index (χ0n) is 15.4. The van der Waals surface area contributed by atoms with Crippen molar-refractivity contribution in [1.29, 1.82) is 0 Å². The van der Waals surface area contributed by atoms with Crippen molar-refractivity contribution in [3.63, 3.8) is 0 Å². The molecule has 0 spiro atoms. The van der Waals surface area contributed by atoms with Crippen LogP contribution in [-0.2, 0) is 9.59 Å². The Bertz CT molecular complexity index is 667. The predicted molar refractivity (Wildman–Crippen MR) is 101 cm³/mol. The average molecular weight is 383 g/mol. The van der Waals surface area contributed by atoms with E-state index in [1.807, 2.05) is 6.08 Å². The fraction of sp³-hybridized carbons (Fsp3) is 0.810. The molecule has 0 aromatic rings. The van der Waals surface area contributed by atoms with E-state index < -0.39 is 4.33 Å². The van der Waals surface area contributed by atoms with E-state index >= 15 is 0 Å². The third-order valence-corrected chi connectivity index (χ3v) is 9.13. The number of ketones is 2. The zero-order chi connectivity index (χ0) is 18.2. The number of rotatable bonds is 1. The average Bonchev–Trinajstić information content (AvgIpc) is 2.73. The van der Waals surface area contributed by atoms with E-state index in [0.29, 0.717) is 30.0 Å². The molecule has 0 amide bonds. The fourth-order valence-electron chi connectivity index (χ4n) is 7.31. The van der Waals surface area contributed by atoms with Gasteiger partial charge in [0.15, 0.2) is 5.78 Å². The van der Waals surface area contributed by atoms with Crippen molar-refractivity contribution in [3.8, 4) is 0 Å². The summed E-state index contributed by atoms with van der Waals surface area (Å²) in [6, 6.07) is 0. The number of hydrogen-bond donors (Lipinski definition) is 0. The Balaban J connectivity index is 1.72. The van der Waals surface area contributed by atoms with Crippen molar-refractivity contribution in [2.45, 2.75) is 70.1 Å². The molecule has 3 saturated carbocycles. The van der Waals surface area contributed by atoms with Crippen LogP contribution in [0, 0.1) is 34.5 Å². The summed E-state index contributed by atoms with van der Waals surface area (Å²) in [5, 5.41) is 0. The Labute approximate surface area is 160 Å². The van der Waals surface area contributed by atoms with Gasteiger partial charge in [0.2, 0.25) is 0 Å². The lowest BCUT2D eigenvalue weighted by Gasteiger charge is -2.57. The zero-order valence-corrected chi connectivity index (χ0v) is 16.9. The molecule has 0 N–H and O–H groups in total. The van der Waals surface area contributed by atoms with Crippen LogP contribution in [0.5, 0.6) is 0 Å². The lowest BCUT2D eigenvalue weighted by atomic mass is 9.46. The minimum Gasteiger partial charge on any atom is -0.300 e. The normalized spacial score (nSPS) is 48.2. The van der Waals surface area contributed by atoms with Crippen molar-refractivity contribution in [2.24, 2.45) is 34.5 Å². The predicted octanol–water partition coefficient (Wildman–Crippen LogP) is 5.51. The molecular formula is C21H28Cl2O2. The van der Waals surface area contributed by atoms with Crippen LogP contribution in [0.3, 0.4) is 0 Å². The number of Topliss-reactive ketones (excluding diaryl/α,β-unsaturated/α-hetero) is 1. The molecule has 4 rings (SSSR count). The van der Waals surface area contributed by atoms with Crippen LogP contribution in [0.1, 0.15) is 65.7 Å². The van der Waals surface area contributed by atoms with E-state index in [1.165, 1.54) is 5.57 Å². The van der Waals surface area contributed by atoms with Gasteiger partial charge in [-0.3, -0.25) is 9.59 Å². The summed E-state index contributed by atoms with van der Waals surface area (Å²) in [5.41, 5.74) is 1.43. The van der Waals surface area contributed by atoms with E-state index in [0.717, 1.165) is 38.5 Å². The molecule has 0 unspecified atom stereocenters. The van der Waals surface area contributed by atoms with Gasteiger partial charge in [0.1, 0.15) is 10.1 Å². The van der Waals surface area contributed by atoms with E-state index in [9.17, 15) is 9.59 Å². The van der Waals surface area contributed by atoms with Crippen LogP contribution in [0.2, 0.25) is 0 Å². The Morgan fingerprint density at radius 2 is 1.84 bits per heavy atom. The molecule has 4 heteroatoms. The van der Waals surface area contributed by atoms with E-state index in [1.54, 1.807) is 6.92 Å². The highest BCUT2D eigenvalue weighted by Gasteiger charge is 2.66. The van der Waals surface area contributed by atoms with E-state index in [4.69, 9.17) is 23.2 Å². The molecule has 0 saturated heterocycles. The number of carbonyl (C=O) groups is 2. The maximum atomic E-state index is 12.4. The molecule has 138 valence electrons. The number of halogens is 2. The van der Waals surface area contributed by atoms with Crippen molar-refractivity contribution in [3.05, 3.63) is 11.6 Å². The van der Waals surface area contributed by atoms with Gasteiger partial charge in [-0.2, -0.15) is 0 Å². The molecule has 0 aromatic carbocycles. The first kappa shape index (κ1) is 18.0. The van der Waals surface area contributed by atoms with Gasteiger partial charge < -0.3 is 0 Å². The number of allylic oxidation sites excluding steroid dienone is 1. The second-order valence-corrected chi connectivity index (χ2v) is 11.1. The summed E-state index contributed by atoms with van der Waals surface area (Å²) in [7, 11) is 0. The first-order chi connectivity index (χ1) is 11.6. The molecule has 0 heterocycles. The van der Waals surface area contributed by atoms with Gasteiger partial charge in [-0.1, -0.05) is 19.4 Å². The highest BCUT2D eigenvalue weighted by molar-refractivity contribution is 6.49. The number of hydrogen-bond acceptors (Lipinski definition) is 2. The monoisotopic (exact) mass is 382 g/mol. The number of alkyl halides is 2. The largest absolute Gasteiger partial charge is 0.300 e. The standard InChI is InChI=1S/C21H28Cl2O2/c1-12(24)18-20(3)9-7-16-15(17(20)11-21(18,22)23)5-4-13-10-14(25)6-8-19(13,16)2/h10,15-18H,4-9,11H2,1-3H3/t15-,16+,17+,18-,19+,20+/m1/s1. The van der Waals surface area contributed by atoms with Gasteiger partial charge in [-0.05, 0) is 80.1 Å². The highest BCUT2D eigenvalue weighted by Crippen LogP contribution is 2.70. The minimum absolute atomic E-state index is 0.0848. The van der Waals surface area contributed by atoms with Crippen LogP contribution >= 0.6 is 23.2 Å². The molecule has 3 fully saturated rings. The lowest BCUT2D eigenvalue weighted by molar-refractivity contribution is -0.128. The lowest BCUT2D eigenvalue weighted by Crippen LogP contribution is -2.51. The van der Waals surface area contributed by atoms with Gasteiger partial charge in [0, 0.05) is 6.42 Å². The molecule has 4 aliphatic rings. The van der Waals surface area contributed by atoms with Crippen LogP contribution in [0.4, 0.5) is 0 Å². The smallest absolute Gasteiger partial charge is 0.155 e. The number of fused-ring (bicyclic) bond motifs is 5. The van der Waals surface area contributed by atoms with Crippen LogP contribution in [0.15, 0.2) is 11.6 Å². The van der Waals surface area contributed by atoms with Gasteiger partial charge in [0.25, 0.3) is 0 Å². The summed E-state index contributed by atoms with van der Waals surface area (Å²) >= 11 is 13.4. The van der Waals surface area contributed by atoms with Gasteiger partial charge in [0.05, 0.1) is 5.92 Å². The molecule has 6 atom stereocenters. The van der Waals surface area contributed by atoms with E-state index in [-0.39, 0.29) is 22.5 Å². The van der Waals surface area contributed by atoms with Crippen LogP contribution in [-0.4, -0.2) is 15.9 Å². The summed E-state index contributed by atoms with van der Waals surface area (Å²) in [6.07, 6.45) is 8.57. The quantitative estimate of drug-likeness (QED) is 0.560. The third kappa shape index (κ3) is 2.42. The maximum Gasteiger partial charge on any atom is 0.155 e. The van der Waals surface area contributed by atoms with Gasteiger partial charge in [-0.25, -0.2) is 0 Å². The van der Waals surface area contributed by atoms with Crippen molar-refractivity contribution in [2.75, 3.05) is 0 Å². The molecule has 0 aliphatic heterocycles. The second kappa shape index (κ2) is 5.58. The third-order valence-electron chi connectivity index (χ3n) is 8.38. The molecular weight excluding hydrogens is 355 g/mol. The van der Waals surface area contributed by atoms with Crippen LogP contribution < -0.4 is 0 Å². The summed E-state index contributed by atoms with van der Waals surface area (Å²) in [5.74, 6) is 1.74. The van der Waals surface area contributed by atoms with Gasteiger partial charge in [-0.15, -0.1) is 23.2 Å². The molecule has 0 radical (unpaired) electrons. The first-order valence-electron chi connectivity index (χ1n) is 9.72. The van der Waals surface area contributed by atoms with Crippen molar-refractivity contribution < 1.29 is 9.59 Å². The van der Waals surface area contributed by atoms with Crippen LogP contribution in [0.25, 0.3) is 0 Å². The molecule has 0 aromatic heterocycles. The van der Waals surface area contributed by atoms with Crippen molar-refractivity contribution in [1.82, 2.24) is 0 Å². The Hall–Kier alpha value is -0.340. The maximum absolute atomic E-state index is 12.4. The second-order valence-electron chi connectivity index (χ2n) is 9.52. The summed E-state index contributed by atoms with van der Waals surface area (Å²) in [6.45, 7) is 6.28. The minimum atomic E-state index is -0.931. The topological polar surface area (TPSA) is 34.1 Å². The van der Waals surface area contributed by atoms with E-state index in [2.05, 4.69) is 13.8 Å². The Morgan fingerprint density at radius 3 is 2.52 bits per heavy atom. The molecule has 25 heavy (non-hydrogen) atoms. The fourth-order valence-corrected chi connectivity index (χ4v) is 8.44. The molecule has 4 aliphatic carbocycles. The molecule has 0 bridgehead atoms. The summed E-state index contributed by atoms with van der Waals surface area (Å²) < 4.78 is -0.931. The summed E-state index contributed by atoms with van der Waals surface area (Å²) in [4.78, 5) is 24.3. The Morgan fingerprint density at radius 1 is 1.12 bits per heavy atom.